The van der Waals surface area contributed by atoms with Crippen molar-refractivity contribution in [3.8, 4) is 0 Å². The van der Waals surface area contributed by atoms with E-state index in [0.717, 1.165) is 0 Å². The fourth-order valence-electron chi connectivity index (χ4n) is 1.97. The Kier molecular flexibility index (Phi) is 3.46. The lowest BCUT2D eigenvalue weighted by molar-refractivity contribution is -0.384. The zero-order valence-electron chi connectivity index (χ0n) is 9.91. The van der Waals surface area contributed by atoms with Gasteiger partial charge in [0.05, 0.1) is 10.8 Å². The molecule has 2 rings (SSSR count). The summed E-state index contributed by atoms with van der Waals surface area (Å²) in [5.74, 6) is -1.69. The Morgan fingerprint density at radius 3 is 2.63 bits per heavy atom. The first-order valence-corrected chi connectivity index (χ1v) is 5.75. The minimum absolute atomic E-state index is 0.148. The predicted molar refractivity (Wildman–Crippen MR) is 64.7 cm³/mol. The molecule has 2 N–H and O–H groups in total. The molecule has 7 heteroatoms. The van der Waals surface area contributed by atoms with E-state index in [1.165, 1.54) is 24.3 Å². The van der Waals surface area contributed by atoms with Crippen LogP contribution >= 0.6 is 0 Å². The van der Waals surface area contributed by atoms with Crippen LogP contribution in [0.2, 0.25) is 0 Å². The zero-order valence-corrected chi connectivity index (χ0v) is 9.91. The molecule has 0 saturated heterocycles. The van der Waals surface area contributed by atoms with Crippen molar-refractivity contribution in [3.05, 3.63) is 39.9 Å². The summed E-state index contributed by atoms with van der Waals surface area (Å²) in [5, 5.41) is 22.0. The molecule has 0 aromatic heterocycles. The summed E-state index contributed by atoms with van der Waals surface area (Å²) in [5.41, 5.74) is 0.0534. The maximum absolute atomic E-state index is 11.8. The van der Waals surface area contributed by atoms with Crippen molar-refractivity contribution in [3.63, 3.8) is 0 Å². The van der Waals surface area contributed by atoms with Crippen molar-refractivity contribution in [1.29, 1.82) is 0 Å². The van der Waals surface area contributed by atoms with Crippen LogP contribution in [0.5, 0.6) is 0 Å². The molecule has 1 aromatic carbocycles. The average Bonchev–Trinajstić information content (AvgIpc) is 2.32. The van der Waals surface area contributed by atoms with Crippen molar-refractivity contribution < 1.29 is 19.6 Å². The Hall–Kier alpha value is -2.44. The molecule has 1 aromatic rings. The number of nitro benzene ring substituents is 1. The quantitative estimate of drug-likeness (QED) is 0.627. The zero-order chi connectivity index (χ0) is 14.0. The molecule has 1 amide bonds. The number of nitro groups is 1. The van der Waals surface area contributed by atoms with Crippen molar-refractivity contribution >= 4 is 17.6 Å². The highest BCUT2D eigenvalue weighted by atomic mass is 16.6. The Labute approximate surface area is 108 Å². The second kappa shape index (κ2) is 5.05. The number of carbonyl (C=O) groups is 2. The number of rotatable bonds is 4. The van der Waals surface area contributed by atoms with E-state index >= 15 is 0 Å². The first-order valence-electron chi connectivity index (χ1n) is 5.75. The summed E-state index contributed by atoms with van der Waals surface area (Å²) < 4.78 is 0. The maximum atomic E-state index is 11.8. The van der Waals surface area contributed by atoms with Crippen LogP contribution < -0.4 is 5.32 Å². The number of carbonyl (C=O) groups excluding carboxylic acids is 1. The number of hydrogen-bond acceptors (Lipinski definition) is 4. The number of nitrogens with one attached hydrogen (secondary N) is 1. The van der Waals surface area contributed by atoms with Crippen molar-refractivity contribution in [2.45, 2.75) is 18.9 Å². The molecular weight excluding hydrogens is 252 g/mol. The summed E-state index contributed by atoms with van der Waals surface area (Å²) in [6, 6.07) is 5.25. The topological polar surface area (TPSA) is 110 Å². The van der Waals surface area contributed by atoms with Gasteiger partial charge in [-0.15, -0.1) is 0 Å². The van der Waals surface area contributed by atoms with E-state index in [1.54, 1.807) is 0 Å². The number of carboxylic acids is 1. The highest BCUT2D eigenvalue weighted by Crippen LogP contribution is 2.27. The standard InChI is InChI=1S/C12H12N2O5/c15-11(13-9-4-8(5-9)12(16)17)7-2-1-3-10(6-7)14(18)19/h1-3,6,8-9H,4-5H2,(H,13,15)(H,16,17). The van der Waals surface area contributed by atoms with Crippen LogP contribution in [-0.2, 0) is 4.79 Å². The van der Waals surface area contributed by atoms with E-state index in [9.17, 15) is 19.7 Å². The van der Waals surface area contributed by atoms with Crippen molar-refractivity contribution in [2.24, 2.45) is 5.92 Å². The lowest BCUT2D eigenvalue weighted by Crippen LogP contribution is -2.46. The van der Waals surface area contributed by atoms with Crippen LogP contribution in [0, 0.1) is 16.0 Å². The minimum Gasteiger partial charge on any atom is -0.481 e. The molecule has 1 saturated carbocycles. The number of amides is 1. The number of benzene rings is 1. The average molecular weight is 264 g/mol. The van der Waals surface area contributed by atoms with Gasteiger partial charge < -0.3 is 10.4 Å². The summed E-state index contributed by atoms with van der Waals surface area (Å²) in [6.07, 6.45) is 0.798. The number of nitrogens with zero attached hydrogens (tertiary/aromatic N) is 1. The van der Waals surface area contributed by atoms with Gasteiger partial charge in [-0.2, -0.15) is 0 Å². The van der Waals surface area contributed by atoms with E-state index in [-0.39, 0.29) is 17.3 Å². The molecule has 0 radical (unpaired) electrons. The van der Waals surface area contributed by atoms with Gasteiger partial charge in [-0.1, -0.05) is 6.07 Å². The molecule has 1 aliphatic rings. The summed E-state index contributed by atoms with van der Waals surface area (Å²) in [7, 11) is 0. The fraction of sp³-hybridized carbons (Fsp3) is 0.333. The number of aliphatic carboxylic acids is 1. The Morgan fingerprint density at radius 1 is 1.37 bits per heavy atom. The number of non-ortho nitro benzene ring substituents is 1. The maximum Gasteiger partial charge on any atom is 0.306 e. The summed E-state index contributed by atoms with van der Waals surface area (Å²) >= 11 is 0. The minimum atomic E-state index is -0.860. The van der Waals surface area contributed by atoms with Gasteiger partial charge in [0.2, 0.25) is 0 Å². The molecule has 0 bridgehead atoms. The fourth-order valence-corrected chi connectivity index (χ4v) is 1.97. The Morgan fingerprint density at radius 2 is 2.05 bits per heavy atom. The van der Waals surface area contributed by atoms with Crippen LogP contribution in [-0.4, -0.2) is 27.9 Å². The Balaban J connectivity index is 1.96. The van der Waals surface area contributed by atoms with Crippen LogP contribution in [0.4, 0.5) is 5.69 Å². The van der Waals surface area contributed by atoms with Gasteiger partial charge in [-0.05, 0) is 18.9 Å². The molecular formula is C12H12N2O5. The molecule has 100 valence electrons. The molecule has 0 aliphatic heterocycles. The van der Waals surface area contributed by atoms with Crippen LogP contribution in [0.25, 0.3) is 0 Å². The summed E-state index contributed by atoms with van der Waals surface area (Å²) in [6.45, 7) is 0. The van der Waals surface area contributed by atoms with Gasteiger partial charge in [-0.3, -0.25) is 19.7 Å². The predicted octanol–water partition coefficient (Wildman–Crippen LogP) is 1.19. The molecule has 0 heterocycles. The third kappa shape index (κ3) is 2.87. The number of carboxylic acid groups (broad SMARTS) is 1. The van der Waals surface area contributed by atoms with E-state index < -0.39 is 22.7 Å². The van der Waals surface area contributed by atoms with Crippen molar-refractivity contribution in [2.75, 3.05) is 0 Å². The van der Waals surface area contributed by atoms with Gasteiger partial charge in [-0.25, -0.2) is 0 Å². The largest absolute Gasteiger partial charge is 0.481 e. The SMILES string of the molecule is O=C(NC1CC(C(=O)O)C1)c1cccc([N+](=O)[O-])c1. The monoisotopic (exact) mass is 264 g/mol. The summed E-state index contributed by atoms with van der Waals surface area (Å²) in [4.78, 5) is 32.5. The third-order valence-corrected chi connectivity index (χ3v) is 3.14. The van der Waals surface area contributed by atoms with Gasteiger partial charge >= 0.3 is 5.97 Å². The van der Waals surface area contributed by atoms with Crippen molar-refractivity contribution in [1.82, 2.24) is 5.32 Å². The van der Waals surface area contributed by atoms with Crippen LogP contribution in [0.15, 0.2) is 24.3 Å². The van der Waals surface area contributed by atoms with E-state index in [4.69, 9.17) is 5.11 Å². The molecule has 1 aliphatic carbocycles. The van der Waals surface area contributed by atoms with Gasteiger partial charge in [0.25, 0.3) is 11.6 Å². The van der Waals surface area contributed by atoms with Gasteiger partial charge in [0.1, 0.15) is 0 Å². The Bertz CT molecular complexity index is 537. The molecule has 1 fully saturated rings. The molecule has 7 nitrogen and oxygen atoms in total. The lowest BCUT2D eigenvalue weighted by Gasteiger charge is -2.32. The van der Waals surface area contributed by atoms with Crippen LogP contribution in [0.3, 0.4) is 0 Å². The lowest BCUT2D eigenvalue weighted by atomic mass is 9.80. The van der Waals surface area contributed by atoms with E-state index in [2.05, 4.69) is 5.32 Å². The first-order chi connectivity index (χ1) is 8.97. The second-order valence-corrected chi connectivity index (χ2v) is 4.48. The first kappa shape index (κ1) is 13.0. The molecule has 0 spiro atoms. The van der Waals surface area contributed by atoms with E-state index in [1.807, 2.05) is 0 Å². The van der Waals surface area contributed by atoms with E-state index in [0.29, 0.717) is 12.8 Å². The third-order valence-electron chi connectivity index (χ3n) is 3.14. The van der Waals surface area contributed by atoms with Gasteiger partial charge in [0.15, 0.2) is 0 Å². The highest BCUT2D eigenvalue weighted by Gasteiger charge is 2.35. The molecule has 0 atom stereocenters. The molecule has 19 heavy (non-hydrogen) atoms. The smallest absolute Gasteiger partial charge is 0.306 e. The molecule has 0 unspecified atom stereocenters. The van der Waals surface area contributed by atoms with Crippen LogP contribution in [0.1, 0.15) is 23.2 Å². The second-order valence-electron chi connectivity index (χ2n) is 4.48. The normalized spacial score (nSPS) is 21.3. The van der Waals surface area contributed by atoms with Gasteiger partial charge in [0, 0.05) is 23.7 Å². The number of hydrogen-bond donors (Lipinski definition) is 2. The highest BCUT2D eigenvalue weighted by molar-refractivity contribution is 5.95.